The molecule has 29 heavy (non-hydrogen) atoms. The molecule has 0 radical (unpaired) electrons. The van der Waals surface area contributed by atoms with Crippen molar-refractivity contribution in [3.05, 3.63) is 29.1 Å². The molecule has 3 aliphatic rings. The summed E-state index contributed by atoms with van der Waals surface area (Å²) in [4.78, 5) is 48.1. The Hall–Kier alpha value is -2.48. The Labute approximate surface area is 170 Å². The molecule has 156 valence electrons. The first kappa shape index (κ1) is 19.8. The highest BCUT2D eigenvalue weighted by Crippen LogP contribution is 2.37. The Morgan fingerprint density at radius 2 is 1.97 bits per heavy atom. The van der Waals surface area contributed by atoms with E-state index in [4.69, 9.17) is 4.74 Å². The van der Waals surface area contributed by atoms with E-state index >= 15 is 0 Å². The minimum absolute atomic E-state index is 0.0287. The van der Waals surface area contributed by atoms with Crippen LogP contribution in [0.5, 0.6) is 0 Å². The fraction of sp³-hybridized carbons (Fsp3) is 0.619. The lowest BCUT2D eigenvalue weighted by molar-refractivity contribution is -0.151. The van der Waals surface area contributed by atoms with Crippen LogP contribution in [-0.4, -0.2) is 76.3 Å². The Kier molecular flexibility index (Phi) is 5.29. The smallest absolute Gasteiger partial charge is 0.249 e. The van der Waals surface area contributed by atoms with Crippen molar-refractivity contribution in [2.75, 3.05) is 26.8 Å². The van der Waals surface area contributed by atoms with Crippen LogP contribution in [0.15, 0.2) is 12.3 Å². The van der Waals surface area contributed by atoms with Gasteiger partial charge in [-0.1, -0.05) is 6.92 Å². The van der Waals surface area contributed by atoms with E-state index in [1.54, 1.807) is 4.90 Å². The lowest BCUT2D eigenvalue weighted by atomic mass is 9.95. The molecule has 0 N–H and O–H groups in total. The molecule has 3 atom stereocenters. The number of methoxy groups -OCH3 is 1. The number of fused-ring (bicyclic) bond motifs is 2. The molecular weight excluding hydrogens is 372 g/mol. The number of aryl methyl sites for hydroxylation is 1. The zero-order chi connectivity index (χ0) is 20.7. The number of carbonyl (C=O) groups is 3. The van der Waals surface area contributed by atoms with Gasteiger partial charge in [0, 0.05) is 44.7 Å². The van der Waals surface area contributed by atoms with Crippen LogP contribution in [0.4, 0.5) is 0 Å². The molecule has 0 aromatic carbocycles. The average molecular weight is 400 g/mol. The molecule has 0 unspecified atom stereocenters. The maximum atomic E-state index is 13.4. The highest BCUT2D eigenvalue weighted by Gasteiger charge is 2.50. The van der Waals surface area contributed by atoms with Crippen LogP contribution in [0.2, 0.25) is 0 Å². The molecular formula is C21H28N4O4. The predicted molar refractivity (Wildman–Crippen MR) is 105 cm³/mol. The number of nitrogens with zero attached hydrogens (tertiary/aromatic N) is 4. The van der Waals surface area contributed by atoms with Crippen molar-refractivity contribution in [2.45, 2.75) is 51.9 Å². The van der Waals surface area contributed by atoms with Gasteiger partial charge in [-0.15, -0.1) is 0 Å². The van der Waals surface area contributed by atoms with Crippen molar-refractivity contribution >= 4 is 17.7 Å². The van der Waals surface area contributed by atoms with Gasteiger partial charge >= 0.3 is 0 Å². The Morgan fingerprint density at radius 1 is 1.21 bits per heavy atom. The second-order valence-corrected chi connectivity index (χ2v) is 8.27. The summed E-state index contributed by atoms with van der Waals surface area (Å²) in [6.45, 7) is 5.66. The first-order valence-corrected chi connectivity index (χ1v) is 10.2. The molecule has 0 aliphatic carbocycles. The monoisotopic (exact) mass is 400 g/mol. The van der Waals surface area contributed by atoms with Gasteiger partial charge < -0.3 is 19.4 Å². The van der Waals surface area contributed by atoms with Crippen molar-refractivity contribution in [3.63, 3.8) is 0 Å². The Balaban J connectivity index is 1.50. The lowest BCUT2D eigenvalue weighted by Gasteiger charge is -2.39. The largest absolute Gasteiger partial charge is 0.375 e. The maximum Gasteiger partial charge on any atom is 0.249 e. The van der Waals surface area contributed by atoms with Crippen molar-refractivity contribution < 1.29 is 19.1 Å². The zero-order valence-corrected chi connectivity index (χ0v) is 17.3. The number of ether oxygens (including phenoxy) is 1. The first-order chi connectivity index (χ1) is 13.9. The van der Waals surface area contributed by atoms with Gasteiger partial charge in [0.2, 0.25) is 17.7 Å². The summed E-state index contributed by atoms with van der Waals surface area (Å²) in [7, 11) is 1.47. The number of amides is 3. The molecule has 4 rings (SSSR count). The van der Waals surface area contributed by atoms with Crippen molar-refractivity contribution in [2.24, 2.45) is 5.92 Å². The molecule has 3 aliphatic heterocycles. The molecule has 8 heteroatoms. The van der Waals surface area contributed by atoms with Crippen LogP contribution in [0.25, 0.3) is 0 Å². The topological polar surface area (TPSA) is 83.0 Å². The van der Waals surface area contributed by atoms with E-state index in [9.17, 15) is 14.4 Å². The SMILES string of the molecule is CC[C@H]1[C@@H](C(=O)N2Cc3cnc(C)cc3C2)C[C@H]2CN(C(=O)COC)CC(=O)N21. The van der Waals surface area contributed by atoms with Gasteiger partial charge in [0.05, 0.1) is 18.5 Å². The van der Waals surface area contributed by atoms with E-state index in [1.165, 1.54) is 7.11 Å². The standard InChI is InChI=1S/C21H28N4O4/c1-4-18-17(21(28)24-8-14-5-13(2)22-7-15(14)9-24)6-16-10-23(20(27)12-29-3)11-19(26)25(16)18/h5,7,16-18H,4,6,8-12H2,1-3H3/t16-,17-,18-/m0/s1. The number of rotatable bonds is 4. The summed E-state index contributed by atoms with van der Waals surface area (Å²) < 4.78 is 4.93. The number of pyridine rings is 1. The Morgan fingerprint density at radius 3 is 2.69 bits per heavy atom. The number of aromatic nitrogens is 1. The minimum atomic E-state index is -0.227. The van der Waals surface area contributed by atoms with E-state index in [-0.39, 0.29) is 48.9 Å². The number of piperazine rings is 1. The quantitative estimate of drug-likeness (QED) is 0.744. The Bertz CT molecular complexity index is 842. The summed E-state index contributed by atoms with van der Waals surface area (Å²) in [5, 5.41) is 0. The molecule has 8 nitrogen and oxygen atoms in total. The van der Waals surface area contributed by atoms with Crippen LogP contribution in [0.3, 0.4) is 0 Å². The molecule has 2 fully saturated rings. The molecule has 4 heterocycles. The maximum absolute atomic E-state index is 13.4. The van der Waals surface area contributed by atoms with Gasteiger partial charge in [-0.2, -0.15) is 0 Å². The molecule has 0 saturated carbocycles. The zero-order valence-electron chi connectivity index (χ0n) is 17.3. The molecule has 3 amide bonds. The highest BCUT2D eigenvalue weighted by atomic mass is 16.5. The third kappa shape index (κ3) is 3.50. The van der Waals surface area contributed by atoms with Gasteiger partial charge in [-0.05, 0) is 37.0 Å². The van der Waals surface area contributed by atoms with Gasteiger partial charge in [0.25, 0.3) is 0 Å². The van der Waals surface area contributed by atoms with E-state index < -0.39 is 0 Å². The summed E-state index contributed by atoms with van der Waals surface area (Å²) in [6, 6.07) is 1.83. The van der Waals surface area contributed by atoms with E-state index in [2.05, 4.69) is 4.98 Å². The third-order valence-electron chi connectivity index (χ3n) is 6.40. The highest BCUT2D eigenvalue weighted by molar-refractivity contribution is 5.89. The predicted octanol–water partition coefficient (Wildman–Crippen LogP) is 0.717. The summed E-state index contributed by atoms with van der Waals surface area (Å²) in [5.74, 6) is -0.379. The summed E-state index contributed by atoms with van der Waals surface area (Å²) >= 11 is 0. The average Bonchev–Trinajstić information content (AvgIpc) is 3.28. The lowest BCUT2D eigenvalue weighted by Crippen LogP contribution is -2.58. The van der Waals surface area contributed by atoms with E-state index in [0.717, 1.165) is 23.2 Å². The number of hydrogen-bond donors (Lipinski definition) is 0. The molecule has 2 saturated heterocycles. The van der Waals surface area contributed by atoms with Crippen LogP contribution in [-0.2, 0) is 32.2 Å². The molecule has 0 spiro atoms. The fourth-order valence-electron chi connectivity index (χ4n) is 5.09. The van der Waals surface area contributed by atoms with Gasteiger partial charge in [0.1, 0.15) is 6.61 Å². The second-order valence-electron chi connectivity index (χ2n) is 8.27. The molecule has 0 bridgehead atoms. The molecule has 1 aromatic rings. The van der Waals surface area contributed by atoms with Crippen LogP contribution >= 0.6 is 0 Å². The van der Waals surface area contributed by atoms with Gasteiger partial charge in [-0.25, -0.2) is 0 Å². The minimum Gasteiger partial charge on any atom is -0.375 e. The molecule has 1 aromatic heterocycles. The fourth-order valence-corrected chi connectivity index (χ4v) is 5.09. The van der Waals surface area contributed by atoms with Crippen molar-refractivity contribution in [1.29, 1.82) is 0 Å². The van der Waals surface area contributed by atoms with Crippen molar-refractivity contribution in [1.82, 2.24) is 19.7 Å². The number of carbonyl (C=O) groups excluding carboxylic acids is 3. The second kappa shape index (κ2) is 7.74. The third-order valence-corrected chi connectivity index (χ3v) is 6.40. The first-order valence-electron chi connectivity index (χ1n) is 10.2. The van der Waals surface area contributed by atoms with Crippen LogP contribution in [0.1, 0.15) is 36.6 Å². The normalized spacial score (nSPS) is 26.0. The summed E-state index contributed by atoms with van der Waals surface area (Å²) in [6.07, 6.45) is 3.19. The summed E-state index contributed by atoms with van der Waals surface area (Å²) in [5.41, 5.74) is 3.20. The van der Waals surface area contributed by atoms with Crippen molar-refractivity contribution in [3.8, 4) is 0 Å². The van der Waals surface area contributed by atoms with Crippen LogP contribution in [0, 0.1) is 12.8 Å². The van der Waals surface area contributed by atoms with Gasteiger partial charge in [-0.3, -0.25) is 19.4 Å². The van der Waals surface area contributed by atoms with E-state index in [1.807, 2.05) is 35.9 Å². The van der Waals surface area contributed by atoms with Gasteiger partial charge in [0.15, 0.2) is 0 Å². The van der Waals surface area contributed by atoms with Crippen LogP contribution < -0.4 is 0 Å². The van der Waals surface area contributed by atoms with E-state index in [0.29, 0.717) is 26.1 Å². The number of hydrogen-bond acceptors (Lipinski definition) is 5.